The van der Waals surface area contributed by atoms with E-state index in [0.717, 1.165) is 17.7 Å². The molecule has 1 amide bonds. The molecule has 1 aliphatic rings. The molecule has 0 spiro atoms. The van der Waals surface area contributed by atoms with E-state index in [1.54, 1.807) is 4.90 Å². The third-order valence-corrected chi connectivity index (χ3v) is 6.15. The summed E-state index contributed by atoms with van der Waals surface area (Å²) in [7, 11) is -3.07. The lowest BCUT2D eigenvalue weighted by Gasteiger charge is -2.25. The minimum atomic E-state index is -3.07. The molecule has 0 N–H and O–H groups in total. The molecule has 2 aromatic carbocycles. The van der Waals surface area contributed by atoms with Crippen molar-refractivity contribution in [1.29, 1.82) is 0 Å². The van der Waals surface area contributed by atoms with Crippen molar-refractivity contribution in [3.05, 3.63) is 66.2 Å². The Morgan fingerprint density at radius 1 is 1.00 bits per heavy atom. The van der Waals surface area contributed by atoms with Gasteiger partial charge < -0.3 is 4.90 Å². The predicted molar refractivity (Wildman–Crippen MR) is 95.7 cm³/mol. The number of amides is 1. The monoisotopic (exact) mass is 343 g/mol. The third-order valence-electron chi connectivity index (χ3n) is 4.38. The van der Waals surface area contributed by atoms with Crippen LogP contribution in [0.2, 0.25) is 0 Å². The zero-order valence-corrected chi connectivity index (χ0v) is 14.3. The Hall–Kier alpha value is -2.14. The standard InChI is InChI=1S/C19H21NO3S/c21-19(17-12-14-24(22,23)15-17)20(18-9-5-2-6-10-18)13-11-16-7-3-1-4-8-16/h1-10,17H,11-15H2/t17-/m0/s1. The summed E-state index contributed by atoms with van der Waals surface area (Å²) >= 11 is 0. The van der Waals surface area contributed by atoms with E-state index in [1.165, 1.54) is 0 Å². The molecule has 0 aliphatic carbocycles. The summed E-state index contributed by atoms with van der Waals surface area (Å²) in [5.41, 5.74) is 1.98. The van der Waals surface area contributed by atoms with Crippen molar-refractivity contribution in [3.63, 3.8) is 0 Å². The van der Waals surface area contributed by atoms with E-state index in [9.17, 15) is 13.2 Å². The van der Waals surface area contributed by atoms with Crippen molar-refractivity contribution in [2.45, 2.75) is 12.8 Å². The van der Waals surface area contributed by atoms with Crippen molar-refractivity contribution in [2.75, 3.05) is 23.0 Å². The predicted octanol–water partition coefficient (Wildman–Crippen LogP) is 2.70. The SMILES string of the molecule is O=C([C@H]1CCS(=O)(=O)C1)N(CCc1ccccc1)c1ccccc1. The van der Waals surface area contributed by atoms with Crippen molar-refractivity contribution in [2.24, 2.45) is 5.92 Å². The molecule has 24 heavy (non-hydrogen) atoms. The van der Waals surface area contributed by atoms with Crippen LogP contribution in [0.1, 0.15) is 12.0 Å². The fraction of sp³-hybridized carbons (Fsp3) is 0.316. The number of para-hydroxylation sites is 1. The van der Waals surface area contributed by atoms with Crippen LogP contribution in [0, 0.1) is 5.92 Å². The maximum absolute atomic E-state index is 12.9. The molecule has 0 aromatic heterocycles. The number of hydrogen-bond acceptors (Lipinski definition) is 3. The molecule has 3 rings (SSSR count). The summed E-state index contributed by atoms with van der Waals surface area (Å²) in [6, 6.07) is 19.5. The van der Waals surface area contributed by atoms with Gasteiger partial charge in [-0.3, -0.25) is 4.79 Å². The smallest absolute Gasteiger partial charge is 0.231 e. The van der Waals surface area contributed by atoms with Crippen molar-refractivity contribution < 1.29 is 13.2 Å². The second-order valence-corrected chi connectivity index (χ2v) is 8.39. The highest BCUT2D eigenvalue weighted by Crippen LogP contribution is 2.24. The van der Waals surface area contributed by atoms with Gasteiger partial charge in [0.05, 0.1) is 17.4 Å². The summed E-state index contributed by atoms with van der Waals surface area (Å²) in [6.45, 7) is 0.545. The van der Waals surface area contributed by atoms with Crippen LogP contribution >= 0.6 is 0 Å². The Morgan fingerprint density at radius 3 is 2.21 bits per heavy atom. The molecule has 1 atom stereocenters. The van der Waals surface area contributed by atoms with Gasteiger partial charge in [-0.05, 0) is 30.5 Å². The molecular weight excluding hydrogens is 322 g/mol. The maximum atomic E-state index is 12.9. The van der Waals surface area contributed by atoms with Gasteiger partial charge in [-0.25, -0.2) is 8.42 Å². The van der Waals surface area contributed by atoms with E-state index >= 15 is 0 Å². The van der Waals surface area contributed by atoms with Crippen molar-refractivity contribution in [1.82, 2.24) is 0 Å². The molecule has 2 aromatic rings. The van der Waals surface area contributed by atoms with Gasteiger partial charge in [-0.15, -0.1) is 0 Å². The van der Waals surface area contributed by atoms with Gasteiger partial charge in [0.1, 0.15) is 0 Å². The molecule has 126 valence electrons. The largest absolute Gasteiger partial charge is 0.312 e. The summed E-state index contributed by atoms with van der Waals surface area (Å²) in [5.74, 6) is -0.421. The fourth-order valence-corrected chi connectivity index (χ4v) is 4.80. The van der Waals surface area contributed by atoms with Gasteiger partial charge in [0, 0.05) is 12.2 Å². The number of sulfone groups is 1. The summed E-state index contributed by atoms with van der Waals surface area (Å²) < 4.78 is 23.4. The van der Waals surface area contributed by atoms with Gasteiger partial charge in [0.25, 0.3) is 0 Å². The minimum Gasteiger partial charge on any atom is -0.312 e. The number of carbonyl (C=O) groups excluding carboxylic acids is 1. The molecule has 0 saturated carbocycles. The van der Waals surface area contributed by atoms with E-state index in [0.29, 0.717) is 13.0 Å². The first-order chi connectivity index (χ1) is 11.6. The number of anilines is 1. The van der Waals surface area contributed by atoms with Crippen LogP contribution in [0.3, 0.4) is 0 Å². The van der Waals surface area contributed by atoms with Crippen LogP contribution in [0.25, 0.3) is 0 Å². The van der Waals surface area contributed by atoms with E-state index in [4.69, 9.17) is 0 Å². The van der Waals surface area contributed by atoms with Crippen LogP contribution in [0.4, 0.5) is 5.69 Å². The van der Waals surface area contributed by atoms with Crippen molar-refractivity contribution in [3.8, 4) is 0 Å². The zero-order chi connectivity index (χ0) is 17.0. The quantitative estimate of drug-likeness (QED) is 0.839. The first kappa shape index (κ1) is 16.7. The number of hydrogen-bond donors (Lipinski definition) is 0. The first-order valence-corrected chi connectivity index (χ1v) is 9.98. The Kier molecular flexibility index (Phi) is 5.00. The average molecular weight is 343 g/mol. The lowest BCUT2D eigenvalue weighted by molar-refractivity contribution is -0.121. The number of nitrogens with zero attached hydrogens (tertiary/aromatic N) is 1. The highest BCUT2D eigenvalue weighted by molar-refractivity contribution is 7.91. The lowest BCUT2D eigenvalue weighted by atomic mass is 10.1. The summed E-state index contributed by atoms with van der Waals surface area (Å²) in [5, 5.41) is 0. The minimum absolute atomic E-state index is 0.0273. The maximum Gasteiger partial charge on any atom is 0.231 e. The van der Waals surface area contributed by atoms with Gasteiger partial charge in [-0.2, -0.15) is 0 Å². The third kappa shape index (κ3) is 4.03. The Bertz CT molecular complexity index is 788. The van der Waals surface area contributed by atoms with Crippen LogP contribution in [0.5, 0.6) is 0 Å². The summed E-state index contributed by atoms with van der Waals surface area (Å²) in [6.07, 6.45) is 1.16. The number of rotatable bonds is 5. The van der Waals surface area contributed by atoms with Crippen LogP contribution in [-0.4, -0.2) is 32.4 Å². The zero-order valence-electron chi connectivity index (χ0n) is 13.5. The molecular formula is C19H21NO3S. The van der Waals surface area contributed by atoms with Crippen LogP contribution < -0.4 is 4.90 Å². The topological polar surface area (TPSA) is 54.5 Å². The molecule has 0 unspecified atom stereocenters. The Balaban J connectivity index is 1.78. The molecule has 1 saturated heterocycles. The van der Waals surface area contributed by atoms with E-state index in [2.05, 4.69) is 0 Å². The molecule has 1 fully saturated rings. The van der Waals surface area contributed by atoms with E-state index < -0.39 is 15.8 Å². The van der Waals surface area contributed by atoms with Crippen LogP contribution in [0.15, 0.2) is 60.7 Å². The van der Waals surface area contributed by atoms with Gasteiger partial charge >= 0.3 is 0 Å². The first-order valence-electron chi connectivity index (χ1n) is 8.16. The lowest BCUT2D eigenvalue weighted by Crippen LogP contribution is -2.38. The van der Waals surface area contributed by atoms with Gasteiger partial charge in [0.15, 0.2) is 9.84 Å². The molecule has 0 radical (unpaired) electrons. The Labute approximate surface area is 143 Å². The van der Waals surface area contributed by atoms with Gasteiger partial charge in [-0.1, -0.05) is 48.5 Å². The fourth-order valence-electron chi connectivity index (χ4n) is 3.07. The highest BCUT2D eigenvalue weighted by Gasteiger charge is 2.35. The van der Waals surface area contributed by atoms with Crippen molar-refractivity contribution >= 4 is 21.4 Å². The average Bonchev–Trinajstić information content (AvgIpc) is 2.97. The highest BCUT2D eigenvalue weighted by atomic mass is 32.2. The van der Waals surface area contributed by atoms with E-state index in [-0.39, 0.29) is 17.4 Å². The normalized spacial score (nSPS) is 19.1. The Morgan fingerprint density at radius 2 is 1.62 bits per heavy atom. The molecule has 1 heterocycles. The van der Waals surface area contributed by atoms with Gasteiger partial charge in [0.2, 0.25) is 5.91 Å². The number of carbonyl (C=O) groups is 1. The van der Waals surface area contributed by atoms with Crippen LogP contribution in [-0.2, 0) is 21.1 Å². The number of benzene rings is 2. The second kappa shape index (κ2) is 7.18. The summed E-state index contributed by atoms with van der Waals surface area (Å²) in [4.78, 5) is 14.7. The molecule has 0 bridgehead atoms. The molecule has 1 aliphatic heterocycles. The molecule has 4 nitrogen and oxygen atoms in total. The molecule has 5 heteroatoms. The second-order valence-electron chi connectivity index (χ2n) is 6.16. The van der Waals surface area contributed by atoms with E-state index in [1.807, 2.05) is 60.7 Å².